The third kappa shape index (κ3) is 4.51. The molecule has 30 heavy (non-hydrogen) atoms. The number of piperidine rings is 1. The molecule has 5 heteroatoms. The maximum absolute atomic E-state index is 12.6. The Balaban J connectivity index is 1.25. The van der Waals surface area contributed by atoms with Crippen LogP contribution in [0.5, 0.6) is 5.75 Å². The molecule has 2 aromatic rings. The number of para-hydroxylation sites is 1. The molecule has 0 bridgehead atoms. The van der Waals surface area contributed by atoms with Crippen LogP contribution in [0.4, 0.5) is 0 Å². The second kappa shape index (κ2) is 8.38. The highest BCUT2D eigenvalue weighted by molar-refractivity contribution is 5.77. The molecular formula is C25H31N3O2. The van der Waals surface area contributed by atoms with Crippen LogP contribution in [0, 0.1) is 5.92 Å². The van der Waals surface area contributed by atoms with Crippen LogP contribution in [0.1, 0.15) is 55.6 Å². The largest absolute Gasteiger partial charge is 0.487 e. The summed E-state index contributed by atoms with van der Waals surface area (Å²) in [6, 6.07) is 12.5. The van der Waals surface area contributed by atoms with Crippen LogP contribution in [-0.4, -0.2) is 41.0 Å². The van der Waals surface area contributed by atoms with Gasteiger partial charge < -0.3 is 10.1 Å². The first-order chi connectivity index (χ1) is 14.7. The Kier molecular flexibility index (Phi) is 5.47. The first-order valence-electron chi connectivity index (χ1n) is 11.4. The first kappa shape index (κ1) is 19.6. The lowest BCUT2D eigenvalue weighted by Crippen LogP contribution is -2.50. The Morgan fingerprint density at radius 2 is 1.90 bits per heavy atom. The zero-order valence-electron chi connectivity index (χ0n) is 17.6. The van der Waals surface area contributed by atoms with Gasteiger partial charge in [0.05, 0.1) is 0 Å². The minimum Gasteiger partial charge on any atom is -0.487 e. The molecule has 158 valence electrons. The summed E-state index contributed by atoms with van der Waals surface area (Å²) >= 11 is 0. The van der Waals surface area contributed by atoms with Gasteiger partial charge in [-0.2, -0.15) is 0 Å². The highest BCUT2D eigenvalue weighted by Gasteiger charge is 2.43. The number of hydrogen-bond acceptors (Lipinski definition) is 4. The molecule has 1 N–H and O–H groups in total. The van der Waals surface area contributed by atoms with Gasteiger partial charge in [0.25, 0.3) is 0 Å². The van der Waals surface area contributed by atoms with Crippen molar-refractivity contribution in [2.45, 2.75) is 56.6 Å². The molecule has 2 fully saturated rings. The molecule has 5 nitrogen and oxygen atoms in total. The number of hydrogen-bond donors (Lipinski definition) is 1. The number of fused-ring (bicyclic) bond motifs is 1. The van der Waals surface area contributed by atoms with Crippen molar-refractivity contribution >= 4 is 5.91 Å². The van der Waals surface area contributed by atoms with Crippen molar-refractivity contribution in [1.29, 1.82) is 0 Å². The Morgan fingerprint density at radius 1 is 1.13 bits per heavy atom. The number of rotatable bonds is 6. The van der Waals surface area contributed by atoms with E-state index >= 15 is 0 Å². The third-order valence-electron chi connectivity index (χ3n) is 6.94. The number of amides is 1. The summed E-state index contributed by atoms with van der Waals surface area (Å²) in [6.07, 6.45) is 9.76. The minimum atomic E-state index is -0.148. The van der Waals surface area contributed by atoms with Crippen molar-refractivity contribution in [3.8, 4) is 5.75 Å². The lowest BCUT2D eigenvalue weighted by Gasteiger charge is -2.47. The van der Waals surface area contributed by atoms with E-state index in [0.717, 1.165) is 51.2 Å². The number of nitrogens with one attached hydrogen (secondary N) is 1. The van der Waals surface area contributed by atoms with Crippen molar-refractivity contribution < 1.29 is 9.53 Å². The topological polar surface area (TPSA) is 54.5 Å². The van der Waals surface area contributed by atoms with Crippen LogP contribution in [0.25, 0.3) is 0 Å². The number of likely N-dealkylation sites (tertiary alicyclic amines) is 1. The van der Waals surface area contributed by atoms with Crippen molar-refractivity contribution in [2.24, 2.45) is 5.92 Å². The average Bonchev–Trinajstić information content (AvgIpc) is 3.60. The number of pyridine rings is 1. The van der Waals surface area contributed by atoms with E-state index in [1.54, 1.807) is 0 Å². The number of nitrogens with zero attached hydrogens (tertiary/aromatic N) is 2. The van der Waals surface area contributed by atoms with E-state index in [0.29, 0.717) is 12.3 Å². The predicted octanol–water partition coefficient (Wildman–Crippen LogP) is 3.90. The summed E-state index contributed by atoms with van der Waals surface area (Å²) in [5, 5.41) is 3.16. The van der Waals surface area contributed by atoms with Gasteiger partial charge in [0, 0.05) is 50.9 Å². The molecule has 1 aliphatic carbocycles. The fourth-order valence-corrected chi connectivity index (χ4v) is 4.97. The van der Waals surface area contributed by atoms with Gasteiger partial charge in [0.15, 0.2) is 0 Å². The summed E-state index contributed by atoms with van der Waals surface area (Å²) in [6.45, 7) is 3.84. The Labute approximate surface area is 178 Å². The number of benzene rings is 1. The molecule has 0 radical (unpaired) electrons. The van der Waals surface area contributed by atoms with Gasteiger partial charge in [-0.3, -0.25) is 14.7 Å². The fourth-order valence-electron chi connectivity index (χ4n) is 4.97. The molecule has 3 heterocycles. The van der Waals surface area contributed by atoms with Gasteiger partial charge in [-0.05, 0) is 67.3 Å². The van der Waals surface area contributed by atoms with Gasteiger partial charge in [0.2, 0.25) is 5.91 Å². The Bertz CT molecular complexity index is 873. The van der Waals surface area contributed by atoms with Gasteiger partial charge >= 0.3 is 0 Å². The van der Waals surface area contributed by atoms with Crippen molar-refractivity contribution in [2.75, 3.05) is 19.6 Å². The monoisotopic (exact) mass is 405 g/mol. The fraction of sp³-hybridized carbons (Fsp3) is 0.520. The molecule has 1 atom stereocenters. The van der Waals surface area contributed by atoms with Crippen molar-refractivity contribution in [3.05, 3.63) is 59.9 Å². The van der Waals surface area contributed by atoms with E-state index in [2.05, 4.69) is 45.5 Å². The molecule has 1 aromatic heterocycles. The molecule has 0 unspecified atom stereocenters. The average molecular weight is 406 g/mol. The maximum Gasteiger partial charge on any atom is 0.220 e. The van der Waals surface area contributed by atoms with Crippen LogP contribution >= 0.6 is 0 Å². The van der Waals surface area contributed by atoms with Crippen molar-refractivity contribution in [1.82, 2.24) is 15.2 Å². The predicted molar refractivity (Wildman–Crippen MR) is 116 cm³/mol. The van der Waals surface area contributed by atoms with Crippen LogP contribution in [0.15, 0.2) is 48.8 Å². The van der Waals surface area contributed by atoms with E-state index in [4.69, 9.17) is 4.74 Å². The Morgan fingerprint density at radius 3 is 2.67 bits per heavy atom. The van der Waals surface area contributed by atoms with Crippen LogP contribution < -0.4 is 10.1 Å². The van der Waals surface area contributed by atoms with E-state index < -0.39 is 0 Å². The van der Waals surface area contributed by atoms with Crippen LogP contribution in [0.3, 0.4) is 0 Å². The second-order valence-electron chi connectivity index (χ2n) is 9.31. The molecule has 3 aliphatic rings. The maximum atomic E-state index is 12.6. The van der Waals surface area contributed by atoms with Gasteiger partial charge in [-0.25, -0.2) is 0 Å². The van der Waals surface area contributed by atoms with Crippen LogP contribution in [0.2, 0.25) is 0 Å². The minimum absolute atomic E-state index is 0.148. The second-order valence-corrected chi connectivity index (χ2v) is 9.31. The normalized spacial score (nSPS) is 22.9. The van der Waals surface area contributed by atoms with Gasteiger partial charge in [-0.1, -0.05) is 18.2 Å². The number of ether oxygens (including phenoxy) is 1. The molecular weight excluding hydrogens is 374 g/mol. The third-order valence-corrected chi connectivity index (χ3v) is 6.94. The van der Waals surface area contributed by atoms with E-state index in [9.17, 15) is 4.79 Å². The van der Waals surface area contributed by atoms with E-state index in [1.807, 2.05) is 18.5 Å². The zero-order chi connectivity index (χ0) is 20.4. The standard InChI is InChI=1S/C25H31N3O2/c29-24(27-17-19-5-6-19)15-21-16-25(30-23-4-2-1-3-22(21)23)9-13-28(14-10-25)18-20-7-11-26-12-8-20/h1-4,7-8,11-12,19,21H,5-6,9-10,13-18H2,(H,27,29)/t21-/m1/s1. The lowest BCUT2D eigenvalue weighted by molar-refractivity contribution is -0.122. The number of aromatic nitrogens is 1. The lowest BCUT2D eigenvalue weighted by atomic mass is 9.76. The highest BCUT2D eigenvalue weighted by Crippen LogP contribution is 2.46. The summed E-state index contributed by atoms with van der Waals surface area (Å²) in [5.74, 6) is 2.12. The zero-order valence-corrected chi connectivity index (χ0v) is 17.6. The summed E-state index contributed by atoms with van der Waals surface area (Å²) in [4.78, 5) is 19.2. The Hall–Kier alpha value is -2.40. The molecule has 1 amide bonds. The van der Waals surface area contributed by atoms with Crippen molar-refractivity contribution in [3.63, 3.8) is 0 Å². The SMILES string of the molecule is O=C(C[C@@H]1CC2(CCN(Cc3ccncc3)CC2)Oc2ccccc21)NCC1CC1. The van der Waals surface area contributed by atoms with Gasteiger partial charge in [0.1, 0.15) is 11.4 Å². The van der Waals surface area contributed by atoms with Crippen LogP contribution in [-0.2, 0) is 11.3 Å². The molecule has 1 spiro atoms. The van der Waals surface area contributed by atoms with E-state index in [1.165, 1.54) is 24.0 Å². The quantitative estimate of drug-likeness (QED) is 0.792. The molecule has 5 rings (SSSR count). The smallest absolute Gasteiger partial charge is 0.220 e. The molecule has 2 aliphatic heterocycles. The molecule has 1 saturated heterocycles. The highest BCUT2D eigenvalue weighted by atomic mass is 16.5. The van der Waals surface area contributed by atoms with E-state index in [-0.39, 0.29) is 17.4 Å². The number of carbonyl (C=O) groups is 1. The summed E-state index contributed by atoms with van der Waals surface area (Å²) in [7, 11) is 0. The van der Waals surface area contributed by atoms with Gasteiger partial charge in [-0.15, -0.1) is 0 Å². The summed E-state index contributed by atoms with van der Waals surface area (Å²) in [5.41, 5.74) is 2.36. The molecule has 1 saturated carbocycles. The molecule has 1 aromatic carbocycles. The number of carbonyl (C=O) groups excluding carboxylic acids is 1. The first-order valence-corrected chi connectivity index (χ1v) is 11.4. The summed E-state index contributed by atoms with van der Waals surface area (Å²) < 4.78 is 6.61.